The molecular weight excluding hydrogens is 350 g/mol. The predicted octanol–water partition coefficient (Wildman–Crippen LogP) is 4.31. The molecule has 2 aliphatic rings. The highest BCUT2D eigenvalue weighted by molar-refractivity contribution is 5.71. The smallest absolute Gasteiger partial charge is 0.320 e. The van der Waals surface area contributed by atoms with Crippen LogP contribution in [0, 0.1) is 6.92 Å². The average Bonchev–Trinajstić information content (AvgIpc) is 2.70. The second-order valence-corrected chi connectivity index (χ2v) is 8.07. The molecule has 2 aromatic carbocycles. The normalized spacial score (nSPS) is 21.0. The lowest BCUT2D eigenvalue weighted by Gasteiger charge is -2.47. The summed E-state index contributed by atoms with van der Waals surface area (Å²) in [6.45, 7) is 6.52. The quantitative estimate of drug-likeness (QED) is 0.742. The summed E-state index contributed by atoms with van der Waals surface area (Å²) in [6, 6.07) is 17.4. The molecule has 0 N–H and O–H groups in total. The summed E-state index contributed by atoms with van der Waals surface area (Å²) in [5, 5.41) is 0. The van der Waals surface area contributed by atoms with E-state index < -0.39 is 0 Å². The molecule has 2 aliphatic heterocycles. The summed E-state index contributed by atoms with van der Waals surface area (Å²) in [5.74, 6) is 1.23. The molecule has 1 fully saturated rings. The van der Waals surface area contributed by atoms with Crippen molar-refractivity contribution in [2.75, 3.05) is 26.2 Å². The van der Waals surface area contributed by atoms with E-state index in [2.05, 4.69) is 60.4 Å². The third-order valence-corrected chi connectivity index (χ3v) is 6.10. The lowest BCUT2D eigenvalue weighted by molar-refractivity contribution is -0.145. The van der Waals surface area contributed by atoms with Gasteiger partial charge in [0.25, 0.3) is 0 Å². The maximum atomic E-state index is 11.8. The van der Waals surface area contributed by atoms with Crippen LogP contribution in [-0.2, 0) is 9.53 Å². The summed E-state index contributed by atoms with van der Waals surface area (Å²) in [7, 11) is 0. The van der Waals surface area contributed by atoms with Gasteiger partial charge in [0.15, 0.2) is 0 Å². The minimum absolute atomic E-state index is 0.133. The summed E-state index contributed by atoms with van der Waals surface area (Å²) in [6.07, 6.45) is 2.85. The standard InChI is InChI=1S/C24H29NO3/c1-3-27-23(26)17-25-14-12-24(13-15-25)16-21(19-10-8-18(2)9-11-19)20-6-4-5-7-22(20)28-24/h4-11,21H,3,12-17H2,1-2H3. The van der Waals surface area contributed by atoms with Crippen LogP contribution < -0.4 is 4.74 Å². The fourth-order valence-electron chi connectivity index (χ4n) is 4.53. The first-order valence-electron chi connectivity index (χ1n) is 10.3. The first-order chi connectivity index (χ1) is 13.6. The van der Waals surface area contributed by atoms with Crippen LogP contribution in [0.4, 0.5) is 0 Å². The fraction of sp³-hybridized carbons (Fsp3) is 0.458. The van der Waals surface area contributed by atoms with Crippen molar-refractivity contribution in [1.82, 2.24) is 4.90 Å². The van der Waals surface area contributed by atoms with Gasteiger partial charge >= 0.3 is 5.97 Å². The van der Waals surface area contributed by atoms with Gasteiger partial charge in [0.2, 0.25) is 0 Å². The molecule has 1 spiro atoms. The lowest BCUT2D eigenvalue weighted by atomic mass is 9.74. The molecular formula is C24H29NO3. The zero-order chi connectivity index (χ0) is 19.6. The molecule has 4 rings (SSSR count). The van der Waals surface area contributed by atoms with Crippen molar-refractivity contribution in [2.24, 2.45) is 0 Å². The topological polar surface area (TPSA) is 38.8 Å². The molecule has 1 unspecified atom stereocenters. The van der Waals surface area contributed by atoms with Gasteiger partial charge in [-0.15, -0.1) is 0 Å². The van der Waals surface area contributed by atoms with E-state index in [1.807, 2.05) is 6.92 Å². The zero-order valence-corrected chi connectivity index (χ0v) is 16.8. The van der Waals surface area contributed by atoms with Crippen LogP contribution in [0.3, 0.4) is 0 Å². The third kappa shape index (κ3) is 3.93. The average molecular weight is 380 g/mol. The molecule has 0 bridgehead atoms. The van der Waals surface area contributed by atoms with E-state index in [0.717, 1.165) is 38.1 Å². The SMILES string of the molecule is CCOC(=O)CN1CCC2(CC1)CC(c1ccc(C)cc1)c1ccccc1O2. The number of aryl methyl sites for hydroxylation is 1. The van der Waals surface area contributed by atoms with Gasteiger partial charge in [-0.1, -0.05) is 48.0 Å². The highest BCUT2D eigenvalue weighted by Crippen LogP contribution is 2.47. The molecule has 0 saturated carbocycles. The Kier molecular flexibility index (Phi) is 5.40. The molecule has 4 heteroatoms. The summed E-state index contributed by atoms with van der Waals surface area (Å²) >= 11 is 0. The third-order valence-electron chi connectivity index (χ3n) is 6.10. The Bertz CT molecular complexity index is 822. The molecule has 1 saturated heterocycles. The van der Waals surface area contributed by atoms with E-state index in [1.54, 1.807) is 0 Å². The molecule has 0 amide bonds. The number of piperidine rings is 1. The van der Waals surface area contributed by atoms with E-state index in [0.29, 0.717) is 19.1 Å². The number of nitrogens with zero attached hydrogens (tertiary/aromatic N) is 1. The van der Waals surface area contributed by atoms with Crippen LogP contribution in [0.15, 0.2) is 48.5 Å². The number of hydrogen-bond acceptors (Lipinski definition) is 4. The van der Waals surface area contributed by atoms with Gasteiger partial charge in [-0.05, 0) is 44.7 Å². The Labute approximate surface area is 167 Å². The van der Waals surface area contributed by atoms with Gasteiger partial charge in [0.1, 0.15) is 11.4 Å². The molecule has 2 aromatic rings. The molecule has 148 valence electrons. The minimum Gasteiger partial charge on any atom is -0.487 e. The largest absolute Gasteiger partial charge is 0.487 e. The number of benzene rings is 2. The van der Waals surface area contributed by atoms with Crippen molar-refractivity contribution in [1.29, 1.82) is 0 Å². The van der Waals surface area contributed by atoms with Crippen molar-refractivity contribution in [3.05, 3.63) is 65.2 Å². The van der Waals surface area contributed by atoms with Gasteiger partial charge in [0.05, 0.1) is 13.2 Å². The van der Waals surface area contributed by atoms with Crippen LogP contribution in [0.1, 0.15) is 48.8 Å². The number of hydrogen-bond donors (Lipinski definition) is 0. The van der Waals surface area contributed by atoms with Crippen molar-refractivity contribution in [3.63, 3.8) is 0 Å². The van der Waals surface area contributed by atoms with Crippen molar-refractivity contribution in [2.45, 2.75) is 44.6 Å². The Hall–Kier alpha value is -2.33. The molecule has 0 aliphatic carbocycles. The number of esters is 1. The first-order valence-corrected chi connectivity index (χ1v) is 10.3. The second-order valence-electron chi connectivity index (χ2n) is 8.07. The number of fused-ring (bicyclic) bond motifs is 1. The lowest BCUT2D eigenvalue weighted by Crippen LogP contribution is -2.51. The van der Waals surface area contributed by atoms with E-state index in [9.17, 15) is 4.79 Å². The van der Waals surface area contributed by atoms with Crippen LogP contribution in [-0.4, -0.2) is 42.7 Å². The van der Waals surface area contributed by atoms with Gasteiger partial charge in [0, 0.05) is 24.6 Å². The van der Waals surface area contributed by atoms with E-state index in [-0.39, 0.29) is 11.6 Å². The monoisotopic (exact) mass is 379 g/mol. The van der Waals surface area contributed by atoms with Crippen molar-refractivity contribution in [3.8, 4) is 5.75 Å². The first kappa shape index (κ1) is 19.0. The number of ether oxygens (including phenoxy) is 2. The van der Waals surface area contributed by atoms with Gasteiger partial charge < -0.3 is 9.47 Å². The maximum absolute atomic E-state index is 11.8. The summed E-state index contributed by atoms with van der Waals surface area (Å²) < 4.78 is 11.7. The van der Waals surface area contributed by atoms with Crippen molar-refractivity contribution >= 4 is 5.97 Å². The molecule has 4 nitrogen and oxygen atoms in total. The van der Waals surface area contributed by atoms with E-state index >= 15 is 0 Å². The Morgan fingerprint density at radius 1 is 1.14 bits per heavy atom. The second kappa shape index (κ2) is 7.96. The summed E-state index contributed by atoms with van der Waals surface area (Å²) in [5.41, 5.74) is 3.77. The maximum Gasteiger partial charge on any atom is 0.320 e. The highest BCUT2D eigenvalue weighted by atomic mass is 16.5. The van der Waals surface area contributed by atoms with Gasteiger partial charge in [-0.2, -0.15) is 0 Å². The molecule has 28 heavy (non-hydrogen) atoms. The number of carbonyl (C=O) groups is 1. The summed E-state index contributed by atoms with van der Waals surface area (Å²) in [4.78, 5) is 14.0. The number of rotatable bonds is 4. The van der Waals surface area contributed by atoms with E-state index in [1.165, 1.54) is 16.7 Å². The Balaban J connectivity index is 1.54. The number of likely N-dealkylation sites (tertiary alicyclic amines) is 1. The predicted molar refractivity (Wildman–Crippen MR) is 110 cm³/mol. The van der Waals surface area contributed by atoms with Crippen LogP contribution >= 0.6 is 0 Å². The number of carbonyl (C=O) groups excluding carboxylic acids is 1. The number of para-hydroxylation sites is 1. The highest BCUT2D eigenvalue weighted by Gasteiger charge is 2.43. The van der Waals surface area contributed by atoms with Gasteiger partial charge in [-0.25, -0.2) is 0 Å². The molecule has 1 atom stereocenters. The Morgan fingerprint density at radius 3 is 2.57 bits per heavy atom. The fourth-order valence-corrected chi connectivity index (χ4v) is 4.53. The van der Waals surface area contributed by atoms with Crippen LogP contribution in [0.2, 0.25) is 0 Å². The zero-order valence-electron chi connectivity index (χ0n) is 16.8. The van der Waals surface area contributed by atoms with Gasteiger partial charge in [-0.3, -0.25) is 9.69 Å². The van der Waals surface area contributed by atoms with Crippen molar-refractivity contribution < 1.29 is 14.3 Å². The molecule has 0 radical (unpaired) electrons. The minimum atomic E-state index is -0.158. The van der Waals surface area contributed by atoms with E-state index in [4.69, 9.17) is 9.47 Å². The van der Waals surface area contributed by atoms with Crippen LogP contribution in [0.5, 0.6) is 5.75 Å². The molecule has 2 heterocycles. The molecule has 0 aromatic heterocycles. The Morgan fingerprint density at radius 2 is 1.86 bits per heavy atom. The van der Waals surface area contributed by atoms with Crippen LogP contribution in [0.25, 0.3) is 0 Å².